The number of ether oxygens (including phenoxy) is 1. The quantitative estimate of drug-likeness (QED) is 0.608. The number of carbonyl (C=O) groups excluding carboxylic acids is 2. The fourth-order valence-corrected chi connectivity index (χ4v) is 2.05. The summed E-state index contributed by atoms with van der Waals surface area (Å²) in [5.41, 5.74) is -0.177. The van der Waals surface area contributed by atoms with Crippen LogP contribution in [0.15, 0.2) is 24.3 Å². The minimum atomic E-state index is -0.859. The molecule has 1 aromatic rings. The lowest BCUT2D eigenvalue weighted by atomic mass is 9.75. The van der Waals surface area contributed by atoms with Crippen molar-refractivity contribution in [1.29, 1.82) is 0 Å². The van der Waals surface area contributed by atoms with E-state index < -0.39 is 17.3 Å². The summed E-state index contributed by atoms with van der Waals surface area (Å²) in [6, 6.07) is 5.75. The van der Waals surface area contributed by atoms with Crippen molar-refractivity contribution < 1.29 is 18.7 Å². The van der Waals surface area contributed by atoms with Gasteiger partial charge in [0.2, 0.25) is 0 Å². The molecule has 0 heterocycles. The second-order valence-electron chi connectivity index (χ2n) is 4.98. The van der Waals surface area contributed by atoms with E-state index in [4.69, 9.17) is 0 Å². The van der Waals surface area contributed by atoms with E-state index in [0.29, 0.717) is 12.0 Å². The fraction of sp³-hybridized carbons (Fsp3) is 0.467. The summed E-state index contributed by atoms with van der Waals surface area (Å²) in [6.07, 6.45) is 0.385. The van der Waals surface area contributed by atoms with Crippen molar-refractivity contribution in [3.05, 3.63) is 35.6 Å². The number of methoxy groups -OCH3 is 1. The van der Waals surface area contributed by atoms with E-state index in [1.54, 1.807) is 32.9 Å². The highest BCUT2D eigenvalue weighted by Gasteiger charge is 2.38. The van der Waals surface area contributed by atoms with Gasteiger partial charge >= 0.3 is 5.97 Å². The first-order valence-corrected chi connectivity index (χ1v) is 6.22. The summed E-state index contributed by atoms with van der Waals surface area (Å²) >= 11 is 0. The molecule has 0 bridgehead atoms. The van der Waals surface area contributed by atoms with Crippen LogP contribution in [-0.2, 0) is 19.7 Å². The smallest absolute Gasteiger partial charge is 0.316 e. The Morgan fingerprint density at radius 1 is 1.26 bits per heavy atom. The number of benzene rings is 1. The van der Waals surface area contributed by atoms with E-state index in [9.17, 15) is 14.0 Å². The lowest BCUT2D eigenvalue weighted by Crippen LogP contribution is -2.38. The summed E-state index contributed by atoms with van der Waals surface area (Å²) in [5.74, 6) is -1.88. The van der Waals surface area contributed by atoms with Crippen LogP contribution in [-0.4, -0.2) is 18.9 Å². The normalized spacial score (nSPS) is 12.9. The molecule has 1 atom stereocenters. The van der Waals surface area contributed by atoms with Gasteiger partial charge in [-0.3, -0.25) is 9.59 Å². The number of hydrogen-bond donors (Lipinski definition) is 0. The summed E-state index contributed by atoms with van der Waals surface area (Å²) in [6.45, 7) is 5.22. The molecule has 3 nitrogen and oxygen atoms in total. The molecule has 1 rings (SSSR count). The van der Waals surface area contributed by atoms with Crippen molar-refractivity contribution in [1.82, 2.24) is 0 Å². The van der Waals surface area contributed by atoms with Crippen LogP contribution < -0.4 is 0 Å². The van der Waals surface area contributed by atoms with Crippen molar-refractivity contribution in [3.8, 4) is 0 Å². The van der Waals surface area contributed by atoms with Crippen LogP contribution >= 0.6 is 0 Å². The third kappa shape index (κ3) is 3.19. The largest absolute Gasteiger partial charge is 0.468 e. The summed E-state index contributed by atoms with van der Waals surface area (Å²) < 4.78 is 17.6. The zero-order chi connectivity index (χ0) is 14.6. The molecule has 0 aliphatic rings. The van der Waals surface area contributed by atoms with Crippen molar-refractivity contribution in [2.45, 2.75) is 32.6 Å². The number of rotatable bonds is 5. The first-order valence-electron chi connectivity index (χ1n) is 6.22. The lowest BCUT2D eigenvalue weighted by Gasteiger charge is -2.27. The van der Waals surface area contributed by atoms with E-state index in [1.807, 2.05) is 0 Å². The van der Waals surface area contributed by atoms with E-state index in [2.05, 4.69) is 4.74 Å². The maximum absolute atomic E-state index is 12.9. The molecule has 0 aliphatic heterocycles. The maximum atomic E-state index is 12.9. The number of Topliss-reactive ketones (excluding diaryl/α,β-unsaturated/α-hetero) is 1. The van der Waals surface area contributed by atoms with Crippen molar-refractivity contribution in [3.63, 3.8) is 0 Å². The highest BCUT2D eigenvalue weighted by atomic mass is 19.1. The average molecular weight is 266 g/mol. The topological polar surface area (TPSA) is 43.4 Å². The van der Waals surface area contributed by atoms with Crippen molar-refractivity contribution in [2.24, 2.45) is 5.92 Å². The first-order chi connectivity index (χ1) is 8.84. The number of ketones is 1. The Hall–Kier alpha value is -1.71. The Morgan fingerprint density at radius 3 is 2.21 bits per heavy atom. The number of esters is 1. The molecule has 104 valence electrons. The maximum Gasteiger partial charge on any atom is 0.316 e. The zero-order valence-electron chi connectivity index (χ0n) is 11.7. The average Bonchev–Trinajstić information content (AvgIpc) is 2.39. The molecule has 0 saturated carbocycles. The fourth-order valence-electron chi connectivity index (χ4n) is 2.05. The Morgan fingerprint density at radius 2 is 1.79 bits per heavy atom. The minimum absolute atomic E-state index is 0.214. The van der Waals surface area contributed by atoms with E-state index in [1.165, 1.54) is 19.2 Å². The second kappa shape index (κ2) is 5.95. The van der Waals surface area contributed by atoms with Crippen LogP contribution in [0.3, 0.4) is 0 Å². The van der Waals surface area contributed by atoms with Gasteiger partial charge in [-0.2, -0.15) is 0 Å². The number of carbonyl (C=O) groups is 2. The molecule has 0 saturated heterocycles. The molecule has 0 N–H and O–H groups in total. The van der Waals surface area contributed by atoms with E-state index >= 15 is 0 Å². The molecular formula is C15H19FO3. The molecule has 19 heavy (non-hydrogen) atoms. The van der Waals surface area contributed by atoms with Gasteiger partial charge < -0.3 is 4.74 Å². The van der Waals surface area contributed by atoms with Gasteiger partial charge in [0, 0.05) is 5.41 Å². The highest BCUT2D eigenvalue weighted by molar-refractivity contribution is 6.04. The van der Waals surface area contributed by atoms with Crippen LogP contribution in [0.25, 0.3) is 0 Å². The third-order valence-electron chi connectivity index (χ3n) is 3.39. The van der Waals surface area contributed by atoms with Gasteiger partial charge in [0.1, 0.15) is 11.7 Å². The van der Waals surface area contributed by atoms with Gasteiger partial charge in [-0.15, -0.1) is 0 Å². The minimum Gasteiger partial charge on any atom is -0.468 e. The number of halogens is 1. The molecule has 4 heteroatoms. The molecule has 0 fully saturated rings. The van der Waals surface area contributed by atoms with Crippen LogP contribution in [0.2, 0.25) is 0 Å². The molecule has 1 unspecified atom stereocenters. The second-order valence-corrected chi connectivity index (χ2v) is 4.98. The predicted octanol–water partition coefficient (Wildman–Crippen LogP) is 2.87. The summed E-state index contributed by atoms with van der Waals surface area (Å²) in [5, 5.41) is 0. The van der Waals surface area contributed by atoms with Gasteiger partial charge in [-0.05, 0) is 38.0 Å². The highest BCUT2D eigenvalue weighted by Crippen LogP contribution is 2.29. The van der Waals surface area contributed by atoms with Gasteiger partial charge in [0.15, 0.2) is 5.78 Å². The Labute approximate surface area is 112 Å². The first kappa shape index (κ1) is 15.3. The summed E-state index contributed by atoms with van der Waals surface area (Å²) in [7, 11) is 1.27. The van der Waals surface area contributed by atoms with Crippen LogP contribution in [0.5, 0.6) is 0 Å². The van der Waals surface area contributed by atoms with Crippen molar-refractivity contribution in [2.75, 3.05) is 7.11 Å². The molecule has 0 aliphatic carbocycles. The molecule has 0 aromatic heterocycles. The van der Waals surface area contributed by atoms with Crippen molar-refractivity contribution >= 4 is 11.8 Å². The molecule has 0 amide bonds. The Kier molecular flexibility index (Phi) is 4.81. The lowest BCUT2D eigenvalue weighted by molar-refractivity contribution is -0.150. The van der Waals surface area contributed by atoms with Gasteiger partial charge in [0.25, 0.3) is 0 Å². The molecule has 0 spiro atoms. The summed E-state index contributed by atoms with van der Waals surface area (Å²) in [4.78, 5) is 24.1. The van der Waals surface area contributed by atoms with Crippen LogP contribution in [0.1, 0.15) is 32.8 Å². The van der Waals surface area contributed by atoms with Crippen LogP contribution in [0.4, 0.5) is 4.39 Å². The SMILES string of the molecule is CCC(C(=O)OC)C(=O)C(C)(C)c1ccc(F)cc1. The van der Waals surface area contributed by atoms with Gasteiger partial charge in [-0.1, -0.05) is 19.1 Å². The third-order valence-corrected chi connectivity index (χ3v) is 3.39. The standard InChI is InChI=1S/C15H19FO3/c1-5-12(14(18)19-4)13(17)15(2,3)10-6-8-11(16)9-7-10/h6-9,12H,5H2,1-4H3. The van der Waals surface area contributed by atoms with Gasteiger partial charge in [0.05, 0.1) is 7.11 Å². The van der Waals surface area contributed by atoms with E-state index in [0.717, 1.165) is 0 Å². The predicted molar refractivity (Wildman–Crippen MR) is 70.2 cm³/mol. The molecular weight excluding hydrogens is 247 g/mol. The monoisotopic (exact) mass is 266 g/mol. The Balaban J connectivity index is 3.07. The molecule has 1 aromatic carbocycles. The van der Waals surface area contributed by atoms with Crippen LogP contribution in [0, 0.1) is 11.7 Å². The zero-order valence-corrected chi connectivity index (χ0v) is 11.7. The Bertz CT molecular complexity index is 463. The van der Waals surface area contributed by atoms with Gasteiger partial charge in [-0.25, -0.2) is 4.39 Å². The number of hydrogen-bond acceptors (Lipinski definition) is 3. The van der Waals surface area contributed by atoms with E-state index in [-0.39, 0.29) is 11.6 Å². The molecule has 0 radical (unpaired) electrons.